The van der Waals surface area contributed by atoms with Crippen molar-refractivity contribution in [2.45, 2.75) is 25.9 Å². The van der Waals surface area contributed by atoms with Crippen molar-refractivity contribution >= 4 is 6.03 Å². The molecule has 2 amide bonds. The Balaban J connectivity index is 1.90. The molecule has 0 aromatic rings. The first-order valence-corrected chi connectivity index (χ1v) is 6.17. The number of piperazine rings is 2. The summed E-state index contributed by atoms with van der Waals surface area (Å²) >= 11 is 0. The molecule has 2 N–H and O–H groups in total. The second-order valence-electron chi connectivity index (χ2n) is 4.88. The summed E-state index contributed by atoms with van der Waals surface area (Å²) in [5.74, 6) is 0. The van der Waals surface area contributed by atoms with Gasteiger partial charge in [0, 0.05) is 51.4 Å². The van der Waals surface area contributed by atoms with E-state index >= 15 is 0 Å². The smallest absolute Gasteiger partial charge is 0.320 e. The number of carbonyl (C=O) groups excluding carboxylic acids is 1. The largest absolute Gasteiger partial charge is 0.322 e. The minimum atomic E-state index is 0.210. The monoisotopic (exact) mass is 226 g/mol. The van der Waals surface area contributed by atoms with Gasteiger partial charge in [0.15, 0.2) is 0 Å². The minimum Gasteiger partial charge on any atom is -0.322 e. The Kier molecular flexibility index (Phi) is 3.66. The maximum atomic E-state index is 12.2. The molecular weight excluding hydrogens is 204 g/mol. The molecular formula is C11H22N4O. The van der Waals surface area contributed by atoms with Crippen LogP contribution in [0.5, 0.6) is 0 Å². The number of urea groups is 1. The fraction of sp³-hybridized carbons (Fsp3) is 0.909. The molecule has 0 unspecified atom stereocenters. The maximum absolute atomic E-state index is 12.2. The Bertz CT molecular complexity index is 234. The van der Waals surface area contributed by atoms with E-state index in [0.717, 1.165) is 39.3 Å². The third-order valence-electron chi connectivity index (χ3n) is 3.28. The van der Waals surface area contributed by atoms with E-state index in [1.54, 1.807) is 0 Å². The van der Waals surface area contributed by atoms with Gasteiger partial charge in [0.05, 0.1) is 0 Å². The van der Waals surface area contributed by atoms with Crippen molar-refractivity contribution in [1.82, 2.24) is 20.4 Å². The molecule has 2 rings (SSSR count). The third kappa shape index (κ3) is 2.65. The van der Waals surface area contributed by atoms with Crippen molar-refractivity contribution in [3.8, 4) is 0 Å². The normalized spacial score (nSPS) is 31.6. The molecule has 0 aliphatic carbocycles. The molecule has 2 heterocycles. The van der Waals surface area contributed by atoms with Gasteiger partial charge in [0.2, 0.25) is 0 Å². The lowest BCUT2D eigenvalue weighted by molar-refractivity contribution is 0.126. The molecule has 0 bridgehead atoms. The van der Waals surface area contributed by atoms with Crippen LogP contribution in [0.15, 0.2) is 0 Å². The van der Waals surface area contributed by atoms with Gasteiger partial charge in [-0.1, -0.05) is 0 Å². The van der Waals surface area contributed by atoms with Crippen LogP contribution >= 0.6 is 0 Å². The standard InChI is InChI=1S/C11H22N4O/c1-9-7-14(5-3-12-9)11(16)15-6-4-13-10(2)8-15/h9-10,12-13H,3-8H2,1-2H3/t9-,10-/m0/s1. The van der Waals surface area contributed by atoms with Crippen LogP contribution in [-0.4, -0.2) is 67.2 Å². The highest BCUT2D eigenvalue weighted by molar-refractivity contribution is 5.74. The van der Waals surface area contributed by atoms with E-state index in [1.165, 1.54) is 0 Å². The van der Waals surface area contributed by atoms with Crippen LogP contribution in [0.3, 0.4) is 0 Å². The third-order valence-corrected chi connectivity index (χ3v) is 3.28. The van der Waals surface area contributed by atoms with Crippen molar-refractivity contribution in [2.24, 2.45) is 0 Å². The number of hydrogen-bond donors (Lipinski definition) is 2. The summed E-state index contributed by atoms with van der Waals surface area (Å²) in [5, 5.41) is 6.71. The fourth-order valence-electron chi connectivity index (χ4n) is 2.41. The van der Waals surface area contributed by atoms with Gasteiger partial charge in [0.1, 0.15) is 0 Å². The second-order valence-corrected chi connectivity index (χ2v) is 4.88. The molecule has 2 aliphatic heterocycles. The summed E-state index contributed by atoms with van der Waals surface area (Å²) in [4.78, 5) is 16.2. The summed E-state index contributed by atoms with van der Waals surface area (Å²) in [5.41, 5.74) is 0. The number of nitrogens with zero attached hydrogens (tertiary/aromatic N) is 2. The molecule has 2 aliphatic rings. The van der Waals surface area contributed by atoms with Gasteiger partial charge in [-0.05, 0) is 13.8 Å². The van der Waals surface area contributed by atoms with Crippen LogP contribution in [0.2, 0.25) is 0 Å². The second kappa shape index (κ2) is 5.01. The van der Waals surface area contributed by atoms with E-state index in [0.29, 0.717) is 12.1 Å². The zero-order valence-electron chi connectivity index (χ0n) is 10.2. The number of rotatable bonds is 0. The maximum Gasteiger partial charge on any atom is 0.320 e. The average molecular weight is 226 g/mol. The Labute approximate surface area is 97.2 Å². The van der Waals surface area contributed by atoms with Gasteiger partial charge in [-0.15, -0.1) is 0 Å². The Morgan fingerprint density at radius 3 is 1.81 bits per heavy atom. The van der Waals surface area contributed by atoms with Crippen LogP contribution < -0.4 is 10.6 Å². The average Bonchev–Trinajstić information content (AvgIpc) is 2.28. The highest BCUT2D eigenvalue weighted by atomic mass is 16.2. The summed E-state index contributed by atoms with van der Waals surface area (Å²) in [6, 6.07) is 1.04. The first kappa shape index (κ1) is 11.7. The highest BCUT2D eigenvalue weighted by Gasteiger charge is 2.27. The lowest BCUT2D eigenvalue weighted by Gasteiger charge is -2.39. The molecule has 0 aromatic carbocycles. The van der Waals surface area contributed by atoms with Gasteiger partial charge in [0.25, 0.3) is 0 Å². The molecule has 16 heavy (non-hydrogen) atoms. The zero-order chi connectivity index (χ0) is 11.5. The molecule has 0 spiro atoms. The van der Waals surface area contributed by atoms with E-state index in [-0.39, 0.29) is 6.03 Å². The van der Waals surface area contributed by atoms with E-state index in [2.05, 4.69) is 24.5 Å². The summed E-state index contributed by atoms with van der Waals surface area (Å²) in [7, 11) is 0. The van der Waals surface area contributed by atoms with Crippen LogP contribution in [0.1, 0.15) is 13.8 Å². The molecule has 0 saturated carbocycles. The van der Waals surface area contributed by atoms with Crippen molar-refractivity contribution in [2.75, 3.05) is 39.3 Å². The molecule has 0 radical (unpaired) electrons. The van der Waals surface area contributed by atoms with Crippen molar-refractivity contribution in [1.29, 1.82) is 0 Å². The van der Waals surface area contributed by atoms with Gasteiger partial charge < -0.3 is 20.4 Å². The zero-order valence-corrected chi connectivity index (χ0v) is 10.2. The van der Waals surface area contributed by atoms with E-state index in [9.17, 15) is 4.79 Å². The van der Waals surface area contributed by atoms with Crippen LogP contribution in [-0.2, 0) is 0 Å². The van der Waals surface area contributed by atoms with E-state index < -0.39 is 0 Å². The first-order valence-electron chi connectivity index (χ1n) is 6.17. The Morgan fingerprint density at radius 2 is 1.44 bits per heavy atom. The minimum absolute atomic E-state index is 0.210. The molecule has 2 atom stereocenters. The molecule has 0 aromatic heterocycles. The van der Waals surface area contributed by atoms with Gasteiger partial charge in [-0.25, -0.2) is 4.79 Å². The van der Waals surface area contributed by atoms with Crippen LogP contribution in [0.25, 0.3) is 0 Å². The molecule has 5 heteroatoms. The topological polar surface area (TPSA) is 47.6 Å². The lowest BCUT2D eigenvalue weighted by Crippen LogP contribution is -2.59. The summed E-state index contributed by atoms with van der Waals surface area (Å²) in [6.45, 7) is 9.40. The molecule has 2 saturated heterocycles. The fourth-order valence-corrected chi connectivity index (χ4v) is 2.41. The predicted molar refractivity (Wildman–Crippen MR) is 63.5 cm³/mol. The molecule has 5 nitrogen and oxygen atoms in total. The van der Waals surface area contributed by atoms with Crippen LogP contribution in [0.4, 0.5) is 4.79 Å². The number of nitrogens with one attached hydrogen (secondary N) is 2. The predicted octanol–water partition coefficient (Wildman–Crippen LogP) is -0.306. The Hall–Kier alpha value is -0.810. The quantitative estimate of drug-likeness (QED) is 0.596. The lowest BCUT2D eigenvalue weighted by atomic mass is 10.2. The first-order chi connectivity index (χ1) is 7.66. The van der Waals surface area contributed by atoms with Gasteiger partial charge in [-0.3, -0.25) is 0 Å². The Morgan fingerprint density at radius 1 is 1.00 bits per heavy atom. The van der Waals surface area contributed by atoms with E-state index in [4.69, 9.17) is 0 Å². The number of carbonyl (C=O) groups is 1. The number of amides is 2. The SMILES string of the molecule is C[C@H]1CN(C(=O)N2CCN[C@@H](C)C2)CCN1. The van der Waals surface area contributed by atoms with Crippen LogP contribution in [0, 0.1) is 0 Å². The number of hydrogen-bond acceptors (Lipinski definition) is 3. The van der Waals surface area contributed by atoms with E-state index in [1.807, 2.05) is 9.80 Å². The summed E-state index contributed by atoms with van der Waals surface area (Å²) in [6.07, 6.45) is 0. The van der Waals surface area contributed by atoms with Gasteiger partial charge in [-0.2, -0.15) is 0 Å². The van der Waals surface area contributed by atoms with Gasteiger partial charge >= 0.3 is 6.03 Å². The molecule has 92 valence electrons. The molecule has 2 fully saturated rings. The van der Waals surface area contributed by atoms with Crippen molar-refractivity contribution in [3.05, 3.63) is 0 Å². The van der Waals surface area contributed by atoms with Crippen molar-refractivity contribution in [3.63, 3.8) is 0 Å². The summed E-state index contributed by atoms with van der Waals surface area (Å²) < 4.78 is 0. The highest BCUT2D eigenvalue weighted by Crippen LogP contribution is 2.07. The van der Waals surface area contributed by atoms with Crippen molar-refractivity contribution < 1.29 is 4.79 Å².